The molecule has 0 saturated heterocycles. The van der Waals surface area contributed by atoms with Crippen molar-refractivity contribution in [3.05, 3.63) is 58.9 Å². The molecule has 1 atom stereocenters. The van der Waals surface area contributed by atoms with Crippen molar-refractivity contribution < 1.29 is 9.13 Å². The Hall–Kier alpha value is -1.89. The molecule has 25 heavy (non-hydrogen) atoms. The lowest BCUT2D eigenvalue weighted by molar-refractivity contribution is 0.292. The quantitative estimate of drug-likeness (QED) is 0.737. The summed E-state index contributed by atoms with van der Waals surface area (Å²) < 4.78 is 19.3. The number of hydrogen-bond acceptors (Lipinski definition) is 3. The van der Waals surface area contributed by atoms with Crippen LogP contribution in [-0.2, 0) is 0 Å². The van der Waals surface area contributed by atoms with Crippen LogP contribution in [0.4, 0.5) is 10.1 Å². The number of methoxy groups -OCH3 is 1. The van der Waals surface area contributed by atoms with E-state index in [1.165, 1.54) is 6.07 Å². The van der Waals surface area contributed by atoms with Crippen LogP contribution in [0, 0.1) is 5.82 Å². The molecule has 0 heterocycles. The average molecular weight is 382 g/mol. The number of nitrogens with one attached hydrogen (secondary N) is 2. The third-order valence-corrected chi connectivity index (χ3v) is 4.34. The predicted molar refractivity (Wildman–Crippen MR) is 105 cm³/mol. The van der Waals surface area contributed by atoms with Gasteiger partial charge in [-0.05, 0) is 62.7 Å². The standard InChI is InChI=1S/C18H21ClFN3OS/c1-23(2)16(17-14(19)5-4-6-15(17)20)11-21-18(25)22-12-7-9-13(24-3)10-8-12/h4-10,16H,11H2,1-3H3,(H2,21,22,25)/t16-/m1/s1. The Morgan fingerprint density at radius 3 is 2.48 bits per heavy atom. The SMILES string of the molecule is COc1ccc(NC(=S)NC[C@H](c2c(F)cccc2Cl)N(C)C)cc1. The molecule has 0 spiro atoms. The van der Waals surface area contributed by atoms with Crippen LogP contribution in [0.2, 0.25) is 5.02 Å². The average Bonchev–Trinajstić information content (AvgIpc) is 2.57. The second kappa shape index (κ2) is 8.99. The second-order valence-electron chi connectivity index (χ2n) is 5.68. The third-order valence-electron chi connectivity index (χ3n) is 3.76. The molecule has 0 fully saturated rings. The summed E-state index contributed by atoms with van der Waals surface area (Å²) in [6, 6.07) is 11.8. The van der Waals surface area contributed by atoms with Gasteiger partial charge in [0.15, 0.2) is 5.11 Å². The van der Waals surface area contributed by atoms with Crippen molar-refractivity contribution in [1.82, 2.24) is 10.2 Å². The number of nitrogens with zero attached hydrogens (tertiary/aromatic N) is 1. The summed E-state index contributed by atoms with van der Waals surface area (Å²) >= 11 is 11.5. The van der Waals surface area contributed by atoms with E-state index >= 15 is 0 Å². The zero-order valence-corrected chi connectivity index (χ0v) is 15.9. The molecule has 2 N–H and O–H groups in total. The fourth-order valence-electron chi connectivity index (χ4n) is 2.41. The molecule has 0 aliphatic carbocycles. The fourth-order valence-corrected chi connectivity index (χ4v) is 2.90. The van der Waals surface area contributed by atoms with Gasteiger partial charge >= 0.3 is 0 Å². The summed E-state index contributed by atoms with van der Waals surface area (Å²) in [5.41, 5.74) is 1.29. The molecule has 0 amide bonds. The van der Waals surface area contributed by atoms with Crippen LogP contribution in [0.1, 0.15) is 11.6 Å². The Balaban J connectivity index is 2.02. The number of rotatable bonds is 6. The van der Waals surface area contributed by atoms with Crippen molar-refractivity contribution >= 4 is 34.6 Å². The highest BCUT2D eigenvalue weighted by Crippen LogP contribution is 2.28. The molecule has 0 bridgehead atoms. The lowest BCUT2D eigenvalue weighted by atomic mass is 10.1. The highest BCUT2D eigenvalue weighted by atomic mass is 35.5. The Bertz CT molecular complexity index is 705. The first-order valence-corrected chi connectivity index (χ1v) is 8.50. The van der Waals surface area contributed by atoms with Gasteiger partial charge in [0, 0.05) is 22.8 Å². The molecule has 4 nitrogen and oxygen atoms in total. The number of thiocarbonyl (C=S) groups is 1. The minimum absolute atomic E-state index is 0.260. The van der Waals surface area contributed by atoms with E-state index in [0.29, 0.717) is 22.2 Å². The van der Waals surface area contributed by atoms with Crippen LogP contribution >= 0.6 is 23.8 Å². The first kappa shape index (κ1) is 19.4. The summed E-state index contributed by atoms with van der Waals surface area (Å²) in [6.07, 6.45) is 0. The van der Waals surface area contributed by atoms with Gasteiger partial charge in [-0.25, -0.2) is 4.39 Å². The largest absolute Gasteiger partial charge is 0.497 e. The number of hydrogen-bond donors (Lipinski definition) is 2. The summed E-state index contributed by atoms with van der Waals surface area (Å²) in [7, 11) is 5.36. The molecule has 0 aliphatic rings. The van der Waals surface area contributed by atoms with Crippen molar-refractivity contribution in [3.63, 3.8) is 0 Å². The van der Waals surface area contributed by atoms with Crippen molar-refractivity contribution in [2.45, 2.75) is 6.04 Å². The van der Waals surface area contributed by atoms with Gasteiger partial charge in [0.25, 0.3) is 0 Å². The molecule has 0 saturated carbocycles. The van der Waals surface area contributed by atoms with Crippen molar-refractivity contribution in [1.29, 1.82) is 0 Å². The van der Waals surface area contributed by atoms with Gasteiger partial charge in [-0.15, -0.1) is 0 Å². The Kier molecular flexibility index (Phi) is 6.99. The molecular formula is C18H21ClFN3OS. The molecule has 0 aliphatic heterocycles. The van der Waals surface area contributed by atoms with E-state index in [9.17, 15) is 4.39 Å². The highest BCUT2D eigenvalue weighted by Gasteiger charge is 2.21. The number of ether oxygens (including phenoxy) is 1. The van der Waals surface area contributed by atoms with Gasteiger partial charge in [-0.3, -0.25) is 0 Å². The molecule has 0 aromatic heterocycles. The van der Waals surface area contributed by atoms with E-state index in [1.54, 1.807) is 19.2 Å². The summed E-state index contributed by atoms with van der Waals surface area (Å²) in [5, 5.41) is 7.05. The Morgan fingerprint density at radius 1 is 1.24 bits per heavy atom. The molecule has 134 valence electrons. The van der Waals surface area contributed by atoms with Gasteiger partial charge in [-0.2, -0.15) is 0 Å². The smallest absolute Gasteiger partial charge is 0.170 e. The van der Waals surface area contributed by atoms with Crippen LogP contribution < -0.4 is 15.4 Å². The zero-order chi connectivity index (χ0) is 18.4. The fraction of sp³-hybridized carbons (Fsp3) is 0.278. The predicted octanol–water partition coefficient (Wildman–Crippen LogP) is 4.08. The molecular weight excluding hydrogens is 361 g/mol. The Morgan fingerprint density at radius 2 is 1.92 bits per heavy atom. The maximum Gasteiger partial charge on any atom is 0.170 e. The highest BCUT2D eigenvalue weighted by molar-refractivity contribution is 7.80. The molecule has 2 aromatic rings. The van der Waals surface area contributed by atoms with E-state index in [-0.39, 0.29) is 11.9 Å². The van der Waals surface area contributed by atoms with E-state index in [2.05, 4.69) is 10.6 Å². The monoisotopic (exact) mass is 381 g/mol. The van der Waals surface area contributed by atoms with Crippen LogP contribution in [0.3, 0.4) is 0 Å². The van der Waals surface area contributed by atoms with Crippen molar-refractivity contribution in [2.24, 2.45) is 0 Å². The first-order chi connectivity index (χ1) is 11.9. The van der Waals surface area contributed by atoms with E-state index in [4.69, 9.17) is 28.6 Å². The van der Waals surface area contributed by atoms with Crippen molar-refractivity contribution in [3.8, 4) is 5.75 Å². The number of likely N-dealkylation sites (N-methyl/N-ethyl adjacent to an activating group) is 1. The minimum Gasteiger partial charge on any atom is -0.497 e. The summed E-state index contributed by atoms with van der Waals surface area (Å²) in [4.78, 5) is 1.90. The number of benzene rings is 2. The van der Waals surface area contributed by atoms with Crippen LogP contribution in [0.5, 0.6) is 5.75 Å². The third kappa shape index (κ3) is 5.29. The van der Waals surface area contributed by atoms with E-state index in [0.717, 1.165) is 11.4 Å². The summed E-state index contributed by atoms with van der Waals surface area (Å²) in [5.74, 6) is 0.438. The van der Waals surface area contributed by atoms with Gasteiger partial charge in [0.05, 0.1) is 13.2 Å². The topological polar surface area (TPSA) is 36.5 Å². The molecule has 2 aromatic carbocycles. The lowest BCUT2D eigenvalue weighted by Crippen LogP contribution is -2.37. The maximum absolute atomic E-state index is 14.2. The second-order valence-corrected chi connectivity index (χ2v) is 6.49. The van der Waals surface area contributed by atoms with Gasteiger partial charge in [0.1, 0.15) is 11.6 Å². The molecule has 2 rings (SSSR count). The van der Waals surface area contributed by atoms with Crippen LogP contribution in [0.25, 0.3) is 0 Å². The van der Waals surface area contributed by atoms with Gasteiger partial charge < -0.3 is 20.3 Å². The van der Waals surface area contributed by atoms with Gasteiger partial charge in [-0.1, -0.05) is 17.7 Å². The summed E-state index contributed by atoms with van der Waals surface area (Å²) in [6.45, 7) is 0.412. The van der Waals surface area contributed by atoms with E-state index < -0.39 is 0 Å². The number of anilines is 1. The van der Waals surface area contributed by atoms with Crippen molar-refractivity contribution in [2.75, 3.05) is 33.1 Å². The minimum atomic E-state index is -0.331. The van der Waals surface area contributed by atoms with Crippen LogP contribution in [-0.4, -0.2) is 37.8 Å². The van der Waals surface area contributed by atoms with Gasteiger partial charge in [0.2, 0.25) is 0 Å². The maximum atomic E-state index is 14.2. The normalized spacial score (nSPS) is 11.9. The van der Waals surface area contributed by atoms with Crippen LogP contribution in [0.15, 0.2) is 42.5 Å². The number of halogens is 2. The first-order valence-electron chi connectivity index (χ1n) is 7.71. The van der Waals surface area contributed by atoms with E-state index in [1.807, 2.05) is 43.3 Å². The molecule has 0 unspecified atom stereocenters. The zero-order valence-electron chi connectivity index (χ0n) is 14.3. The molecule has 0 radical (unpaired) electrons. The molecule has 7 heteroatoms. The lowest BCUT2D eigenvalue weighted by Gasteiger charge is -2.27. The Labute approximate surface area is 157 Å².